The van der Waals surface area contributed by atoms with Gasteiger partial charge in [0.25, 0.3) is 0 Å². The lowest BCUT2D eigenvalue weighted by molar-refractivity contribution is -0.142. The molecular weight excluding hydrogens is 244 g/mol. The third-order valence-corrected chi connectivity index (χ3v) is 5.08. The van der Waals surface area contributed by atoms with Gasteiger partial charge >= 0.3 is 0 Å². The lowest BCUT2D eigenvalue weighted by atomic mass is 9.80. The molecular formula is C14H20N2O3. The molecule has 0 bridgehead atoms. The van der Waals surface area contributed by atoms with Crippen molar-refractivity contribution in [3.8, 4) is 6.07 Å². The highest BCUT2D eigenvalue weighted by atomic mass is 16.5. The molecule has 0 aromatic rings. The van der Waals surface area contributed by atoms with Crippen molar-refractivity contribution in [2.75, 3.05) is 26.3 Å². The van der Waals surface area contributed by atoms with E-state index in [4.69, 9.17) is 4.74 Å². The van der Waals surface area contributed by atoms with Gasteiger partial charge in [0, 0.05) is 32.2 Å². The maximum atomic E-state index is 12.7. The molecule has 0 aromatic heterocycles. The van der Waals surface area contributed by atoms with Crippen LogP contribution < -0.4 is 0 Å². The predicted molar refractivity (Wildman–Crippen MR) is 66.9 cm³/mol. The molecule has 1 saturated carbocycles. The highest BCUT2D eigenvalue weighted by molar-refractivity contribution is 5.86. The molecule has 2 saturated heterocycles. The maximum absolute atomic E-state index is 12.7. The summed E-state index contributed by atoms with van der Waals surface area (Å²) in [4.78, 5) is 14.5. The van der Waals surface area contributed by atoms with Gasteiger partial charge < -0.3 is 14.7 Å². The summed E-state index contributed by atoms with van der Waals surface area (Å²) in [7, 11) is 0. The molecule has 2 heterocycles. The first-order chi connectivity index (χ1) is 9.16. The second-order valence-electron chi connectivity index (χ2n) is 6.09. The minimum atomic E-state index is -0.887. The smallest absolute Gasteiger partial charge is 0.243 e. The molecule has 3 rings (SSSR count). The molecule has 3 atom stereocenters. The zero-order chi connectivity index (χ0) is 13.5. The normalized spacial score (nSPS) is 36.8. The molecule has 19 heavy (non-hydrogen) atoms. The van der Waals surface area contributed by atoms with Gasteiger partial charge in [0.05, 0.1) is 12.2 Å². The third kappa shape index (κ3) is 2.03. The maximum Gasteiger partial charge on any atom is 0.243 e. The van der Waals surface area contributed by atoms with Crippen LogP contribution in [0.4, 0.5) is 0 Å². The Morgan fingerprint density at radius 3 is 2.68 bits per heavy atom. The van der Waals surface area contributed by atoms with Crippen LogP contribution >= 0.6 is 0 Å². The first-order valence-corrected chi connectivity index (χ1v) is 7.13. The fourth-order valence-electron chi connectivity index (χ4n) is 3.80. The number of hydrogen-bond acceptors (Lipinski definition) is 4. The van der Waals surface area contributed by atoms with Gasteiger partial charge in [-0.25, -0.2) is 0 Å². The van der Waals surface area contributed by atoms with Crippen LogP contribution in [-0.2, 0) is 9.53 Å². The average molecular weight is 264 g/mol. The predicted octanol–water partition coefficient (Wildman–Crippen LogP) is 0.536. The molecule has 5 heteroatoms. The molecule has 3 fully saturated rings. The Labute approximate surface area is 113 Å². The number of carbonyl (C=O) groups excluding carboxylic acids is 1. The summed E-state index contributed by atoms with van der Waals surface area (Å²) >= 11 is 0. The number of carbonyl (C=O) groups is 1. The summed E-state index contributed by atoms with van der Waals surface area (Å²) in [6.07, 6.45) is 2.58. The standard InChI is InChI=1S/C14H20N2O3/c15-9-14(3-5-19-6-4-14)13(18)16-7-10-1-2-12(17)11(10)8-16/h10-12,17H,1-8H2. The van der Waals surface area contributed by atoms with Crippen LogP contribution in [0.3, 0.4) is 0 Å². The number of ether oxygens (including phenoxy) is 1. The summed E-state index contributed by atoms with van der Waals surface area (Å²) in [5.41, 5.74) is -0.887. The summed E-state index contributed by atoms with van der Waals surface area (Å²) in [6.45, 7) is 2.31. The number of nitrogens with zero attached hydrogens (tertiary/aromatic N) is 2. The van der Waals surface area contributed by atoms with Gasteiger partial charge in [0.2, 0.25) is 5.91 Å². The Kier molecular flexibility index (Phi) is 3.23. The monoisotopic (exact) mass is 264 g/mol. The van der Waals surface area contributed by atoms with E-state index in [9.17, 15) is 15.2 Å². The summed E-state index contributed by atoms with van der Waals surface area (Å²) < 4.78 is 5.27. The lowest BCUT2D eigenvalue weighted by Crippen LogP contribution is -2.46. The summed E-state index contributed by atoms with van der Waals surface area (Å²) in [5, 5.41) is 19.3. The topological polar surface area (TPSA) is 73.6 Å². The zero-order valence-corrected chi connectivity index (χ0v) is 11.0. The Bertz CT molecular complexity index is 411. The molecule has 1 amide bonds. The van der Waals surface area contributed by atoms with Crippen molar-refractivity contribution >= 4 is 5.91 Å². The quantitative estimate of drug-likeness (QED) is 0.750. The molecule has 0 aromatic carbocycles. The molecule has 2 aliphatic heterocycles. The number of hydrogen-bond donors (Lipinski definition) is 1. The van der Waals surface area contributed by atoms with Gasteiger partial charge in [0.15, 0.2) is 0 Å². The Balaban J connectivity index is 1.73. The molecule has 5 nitrogen and oxygen atoms in total. The number of amides is 1. The number of likely N-dealkylation sites (tertiary alicyclic amines) is 1. The second-order valence-corrected chi connectivity index (χ2v) is 6.09. The van der Waals surface area contributed by atoms with Crippen molar-refractivity contribution in [1.82, 2.24) is 4.90 Å². The summed E-state index contributed by atoms with van der Waals surface area (Å²) in [5.74, 6) is 0.606. The van der Waals surface area contributed by atoms with Crippen molar-refractivity contribution in [1.29, 1.82) is 5.26 Å². The molecule has 0 spiro atoms. The fraction of sp³-hybridized carbons (Fsp3) is 0.857. The van der Waals surface area contributed by atoms with E-state index < -0.39 is 5.41 Å². The number of aliphatic hydroxyl groups is 1. The van der Waals surface area contributed by atoms with Crippen molar-refractivity contribution < 1.29 is 14.6 Å². The fourth-order valence-corrected chi connectivity index (χ4v) is 3.80. The van der Waals surface area contributed by atoms with Crippen LogP contribution in [-0.4, -0.2) is 48.3 Å². The van der Waals surface area contributed by atoms with Gasteiger partial charge in [-0.15, -0.1) is 0 Å². The number of aliphatic hydroxyl groups excluding tert-OH is 1. The summed E-state index contributed by atoms with van der Waals surface area (Å²) in [6, 6.07) is 2.24. The van der Waals surface area contributed by atoms with E-state index in [1.807, 2.05) is 4.90 Å². The van der Waals surface area contributed by atoms with Gasteiger partial charge in [-0.05, 0) is 31.6 Å². The van der Waals surface area contributed by atoms with Crippen molar-refractivity contribution in [2.24, 2.45) is 17.3 Å². The Morgan fingerprint density at radius 1 is 1.32 bits per heavy atom. The minimum Gasteiger partial charge on any atom is -0.393 e. The number of fused-ring (bicyclic) bond motifs is 1. The highest BCUT2D eigenvalue weighted by Gasteiger charge is 2.49. The van der Waals surface area contributed by atoms with Gasteiger partial charge in [-0.3, -0.25) is 4.79 Å². The zero-order valence-electron chi connectivity index (χ0n) is 11.0. The van der Waals surface area contributed by atoms with E-state index in [2.05, 4.69) is 6.07 Å². The Morgan fingerprint density at radius 2 is 2.05 bits per heavy atom. The molecule has 1 aliphatic carbocycles. The van der Waals surface area contributed by atoms with Gasteiger partial charge in [-0.2, -0.15) is 5.26 Å². The Hall–Kier alpha value is -1.12. The van der Waals surface area contributed by atoms with Crippen LogP contribution in [0.1, 0.15) is 25.7 Å². The SMILES string of the molecule is N#CC1(C(=O)N2CC3CCC(O)C3C2)CCOCC1. The minimum absolute atomic E-state index is 0.0418. The molecule has 3 unspecified atom stereocenters. The van der Waals surface area contributed by atoms with Crippen LogP contribution in [0, 0.1) is 28.6 Å². The van der Waals surface area contributed by atoms with Gasteiger partial charge in [0.1, 0.15) is 5.41 Å². The van der Waals surface area contributed by atoms with Crippen LogP contribution in [0.5, 0.6) is 0 Å². The van der Waals surface area contributed by atoms with Crippen molar-refractivity contribution in [3.05, 3.63) is 0 Å². The second kappa shape index (κ2) is 4.77. The average Bonchev–Trinajstić information content (AvgIpc) is 3.01. The first-order valence-electron chi connectivity index (χ1n) is 7.13. The van der Waals surface area contributed by atoms with Gasteiger partial charge in [-0.1, -0.05) is 0 Å². The number of nitriles is 1. The van der Waals surface area contributed by atoms with Crippen molar-refractivity contribution in [3.63, 3.8) is 0 Å². The van der Waals surface area contributed by atoms with E-state index in [1.54, 1.807) is 0 Å². The number of rotatable bonds is 1. The van der Waals surface area contributed by atoms with E-state index >= 15 is 0 Å². The van der Waals surface area contributed by atoms with Crippen LogP contribution in [0.25, 0.3) is 0 Å². The van der Waals surface area contributed by atoms with E-state index in [0.29, 0.717) is 45.1 Å². The molecule has 3 aliphatic rings. The largest absolute Gasteiger partial charge is 0.393 e. The molecule has 104 valence electrons. The molecule has 0 radical (unpaired) electrons. The van der Waals surface area contributed by atoms with Crippen LogP contribution in [0.15, 0.2) is 0 Å². The van der Waals surface area contributed by atoms with Crippen LogP contribution in [0.2, 0.25) is 0 Å². The van der Waals surface area contributed by atoms with E-state index in [0.717, 1.165) is 12.8 Å². The highest BCUT2D eigenvalue weighted by Crippen LogP contribution is 2.41. The lowest BCUT2D eigenvalue weighted by Gasteiger charge is -2.33. The van der Waals surface area contributed by atoms with Crippen molar-refractivity contribution in [2.45, 2.75) is 31.8 Å². The van der Waals surface area contributed by atoms with E-state index in [1.165, 1.54) is 0 Å². The van der Waals surface area contributed by atoms with E-state index in [-0.39, 0.29) is 17.9 Å². The first kappa shape index (κ1) is 12.9. The third-order valence-electron chi connectivity index (χ3n) is 5.08. The molecule has 1 N–H and O–H groups in total.